The first kappa shape index (κ1) is 16.2. The number of benzene rings is 1. The molecule has 0 bridgehead atoms. The van der Waals surface area contributed by atoms with Crippen LogP contribution in [0.3, 0.4) is 0 Å². The lowest BCUT2D eigenvalue weighted by Crippen LogP contribution is -2.27. The van der Waals surface area contributed by atoms with E-state index in [1.807, 2.05) is 49.4 Å². The number of aromatic amines is 2. The quantitative estimate of drug-likeness (QED) is 0.422. The van der Waals surface area contributed by atoms with Crippen LogP contribution in [0.5, 0.6) is 0 Å². The Morgan fingerprint density at radius 1 is 1.11 bits per heavy atom. The second-order valence-corrected chi connectivity index (χ2v) is 7.57. The highest BCUT2D eigenvalue weighted by molar-refractivity contribution is 7.17. The van der Waals surface area contributed by atoms with Gasteiger partial charge >= 0.3 is 0 Å². The summed E-state index contributed by atoms with van der Waals surface area (Å²) in [5.74, 6) is 0. The lowest BCUT2D eigenvalue weighted by Gasteiger charge is -2.26. The first-order valence-corrected chi connectivity index (χ1v) is 9.76. The van der Waals surface area contributed by atoms with Crippen LogP contribution in [0.25, 0.3) is 32.5 Å². The number of rotatable bonds is 4. The number of pyridine rings is 1. The number of aliphatic hydroxyl groups is 1. The Balaban J connectivity index is 1.63. The summed E-state index contributed by atoms with van der Waals surface area (Å²) < 4.78 is 1.14. The predicted molar refractivity (Wildman–Crippen MR) is 109 cm³/mol. The van der Waals surface area contributed by atoms with Gasteiger partial charge in [-0.15, -0.1) is 11.3 Å². The zero-order chi connectivity index (χ0) is 18.4. The number of nitrogens with zero attached hydrogens (tertiary/aromatic N) is 2. The lowest BCUT2D eigenvalue weighted by atomic mass is 9.87. The first-order chi connectivity index (χ1) is 13.2. The van der Waals surface area contributed by atoms with Crippen LogP contribution in [0, 0.1) is 0 Å². The van der Waals surface area contributed by atoms with Crippen molar-refractivity contribution in [2.24, 2.45) is 0 Å². The van der Waals surface area contributed by atoms with Gasteiger partial charge in [0.05, 0.1) is 21.6 Å². The molecule has 0 aliphatic heterocycles. The highest BCUT2D eigenvalue weighted by Crippen LogP contribution is 2.35. The van der Waals surface area contributed by atoms with Gasteiger partial charge in [0.2, 0.25) is 0 Å². The molecular formula is C21H18N4OS. The van der Waals surface area contributed by atoms with Gasteiger partial charge in [-0.1, -0.05) is 19.1 Å². The van der Waals surface area contributed by atoms with Gasteiger partial charge in [0, 0.05) is 17.1 Å². The highest BCUT2D eigenvalue weighted by Gasteiger charge is 2.31. The average molecular weight is 374 g/mol. The molecule has 0 spiro atoms. The van der Waals surface area contributed by atoms with Gasteiger partial charge < -0.3 is 10.1 Å². The molecule has 0 fully saturated rings. The Morgan fingerprint density at radius 3 is 2.85 bits per heavy atom. The van der Waals surface area contributed by atoms with Crippen molar-refractivity contribution in [3.63, 3.8) is 0 Å². The van der Waals surface area contributed by atoms with E-state index in [1.54, 1.807) is 17.5 Å². The minimum Gasteiger partial charge on any atom is -0.379 e. The molecule has 0 amide bonds. The fraction of sp³-hybridized carbons (Fsp3) is 0.143. The van der Waals surface area contributed by atoms with E-state index in [0.717, 1.165) is 38.1 Å². The normalized spacial score (nSPS) is 14.0. The van der Waals surface area contributed by atoms with E-state index in [0.29, 0.717) is 12.1 Å². The Bertz CT molecular complexity index is 1240. The SMILES string of the molecule is CCC(O)(c1ccc2[nH]c(-c3n[nH]c4ccsc34)cc2c1)c1ccccn1. The molecular weight excluding hydrogens is 356 g/mol. The van der Waals surface area contributed by atoms with Crippen LogP contribution >= 0.6 is 11.3 Å². The van der Waals surface area contributed by atoms with Gasteiger partial charge in [0.1, 0.15) is 11.3 Å². The molecule has 0 saturated carbocycles. The smallest absolute Gasteiger partial charge is 0.131 e. The third-order valence-corrected chi connectivity index (χ3v) is 6.04. The Labute approximate surface area is 159 Å². The van der Waals surface area contributed by atoms with Crippen LogP contribution in [0.2, 0.25) is 0 Å². The summed E-state index contributed by atoms with van der Waals surface area (Å²) in [6.45, 7) is 1.97. The summed E-state index contributed by atoms with van der Waals surface area (Å²) in [7, 11) is 0. The van der Waals surface area contributed by atoms with Crippen molar-refractivity contribution in [3.05, 3.63) is 71.4 Å². The Morgan fingerprint density at radius 2 is 2.04 bits per heavy atom. The number of fused-ring (bicyclic) bond motifs is 2. The van der Waals surface area contributed by atoms with Crippen molar-refractivity contribution in [2.45, 2.75) is 18.9 Å². The topological polar surface area (TPSA) is 77.6 Å². The standard InChI is InChI=1S/C21H18N4OS/c1-2-21(26,18-5-3-4-9-22-18)14-6-7-15-13(11-14)12-17(23-15)19-20-16(24-25-19)8-10-27-20/h3-12,23,26H,2H2,1H3,(H,24,25). The highest BCUT2D eigenvalue weighted by atomic mass is 32.1. The number of hydrogen-bond donors (Lipinski definition) is 3. The molecule has 3 N–H and O–H groups in total. The summed E-state index contributed by atoms with van der Waals surface area (Å²) in [5, 5.41) is 22.0. The molecule has 5 nitrogen and oxygen atoms in total. The molecule has 4 aromatic heterocycles. The molecule has 5 aromatic rings. The van der Waals surface area contributed by atoms with Crippen LogP contribution in [0.1, 0.15) is 24.6 Å². The number of thiophene rings is 1. The summed E-state index contributed by atoms with van der Waals surface area (Å²) in [5.41, 5.74) is 4.34. The molecule has 27 heavy (non-hydrogen) atoms. The molecule has 4 heterocycles. The predicted octanol–water partition coefficient (Wildman–Crippen LogP) is 4.81. The zero-order valence-electron chi connectivity index (χ0n) is 14.7. The van der Waals surface area contributed by atoms with Crippen molar-refractivity contribution in [1.29, 1.82) is 0 Å². The second-order valence-electron chi connectivity index (χ2n) is 6.65. The van der Waals surface area contributed by atoms with Gasteiger partial charge in [-0.05, 0) is 53.8 Å². The maximum Gasteiger partial charge on any atom is 0.131 e. The fourth-order valence-corrected chi connectivity index (χ4v) is 4.44. The van der Waals surface area contributed by atoms with E-state index in [9.17, 15) is 5.11 Å². The van der Waals surface area contributed by atoms with E-state index in [2.05, 4.69) is 31.6 Å². The van der Waals surface area contributed by atoms with Crippen molar-refractivity contribution >= 4 is 32.5 Å². The fourth-order valence-electron chi connectivity index (χ4n) is 3.59. The molecule has 6 heteroatoms. The minimum atomic E-state index is -1.11. The van der Waals surface area contributed by atoms with Crippen LogP contribution in [0.15, 0.2) is 60.1 Å². The van der Waals surface area contributed by atoms with Crippen molar-refractivity contribution < 1.29 is 5.11 Å². The number of H-pyrrole nitrogens is 2. The van der Waals surface area contributed by atoms with Crippen LogP contribution in [-0.2, 0) is 5.60 Å². The largest absolute Gasteiger partial charge is 0.379 e. The summed E-state index contributed by atoms with van der Waals surface area (Å²) >= 11 is 1.67. The lowest BCUT2D eigenvalue weighted by molar-refractivity contribution is 0.0720. The molecule has 134 valence electrons. The maximum absolute atomic E-state index is 11.3. The molecule has 1 unspecified atom stereocenters. The summed E-state index contributed by atoms with van der Waals surface area (Å²) in [4.78, 5) is 7.82. The van der Waals surface area contributed by atoms with E-state index >= 15 is 0 Å². The van der Waals surface area contributed by atoms with Crippen LogP contribution < -0.4 is 0 Å². The minimum absolute atomic E-state index is 0.544. The molecule has 5 rings (SSSR count). The summed E-state index contributed by atoms with van der Waals surface area (Å²) in [6.07, 6.45) is 2.26. The second kappa shape index (κ2) is 6.04. The number of hydrogen-bond acceptors (Lipinski definition) is 4. The number of nitrogens with one attached hydrogen (secondary N) is 2. The zero-order valence-corrected chi connectivity index (χ0v) is 15.5. The molecule has 0 aliphatic rings. The van der Waals surface area contributed by atoms with E-state index in [-0.39, 0.29) is 0 Å². The van der Waals surface area contributed by atoms with Crippen LogP contribution in [-0.4, -0.2) is 25.3 Å². The average Bonchev–Trinajstić information content (AvgIpc) is 3.42. The molecule has 1 atom stereocenters. The van der Waals surface area contributed by atoms with Gasteiger partial charge in [0.25, 0.3) is 0 Å². The maximum atomic E-state index is 11.3. The number of aromatic nitrogens is 4. The first-order valence-electron chi connectivity index (χ1n) is 8.88. The van der Waals surface area contributed by atoms with Crippen molar-refractivity contribution in [3.8, 4) is 11.4 Å². The molecule has 1 aromatic carbocycles. The van der Waals surface area contributed by atoms with Crippen molar-refractivity contribution in [1.82, 2.24) is 20.2 Å². The van der Waals surface area contributed by atoms with Crippen molar-refractivity contribution in [2.75, 3.05) is 0 Å². The van der Waals surface area contributed by atoms with Crippen LogP contribution in [0.4, 0.5) is 0 Å². The van der Waals surface area contributed by atoms with E-state index in [1.165, 1.54) is 0 Å². The van der Waals surface area contributed by atoms with Gasteiger partial charge in [-0.2, -0.15) is 5.10 Å². The monoisotopic (exact) mass is 374 g/mol. The van der Waals surface area contributed by atoms with Gasteiger partial charge in [0.15, 0.2) is 0 Å². The molecule has 0 aliphatic carbocycles. The van der Waals surface area contributed by atoms with E-state index in [4.69, 9.17) is 0 Å². The van der Waals surface area contributed by atoms with E-state index < -0.39 is 5.60 Å². The third kappa shape index (κ3) is 2.49. The Hall–Kier alpha value is -2.96. The van der Waals surface area contributed by atoms with Gasteiger partial charge in [-0.25, -0.2) is 0 Å². The summed E-state index contributed by atoms with van der Waals surface area (Å²) in [6, 6.07) is 15.8. The van der Waals surface area contributed by atoms with Gasteiger partial charge in [-0.3, -0.25) is 10.1 Å². The molecule has 0 saturated heterocycles. The Kier molecular flexibility index (Phi) is 3.63. The third-order valence-electron chi connectivity index (χ3n) is 5.12. The molecule has 0 radical (unpaired) electrons.